The van der Waals surface area contributed by atoms with Crippen LogP contribution in [-0.2, 0) is 23.3 Å². The molecule has 5 nitrogen and oxygen atoms in total. The van der Waals surface area contributed by atoms with E-state index >= 15 is 0 Å². The highest BCUT2D eigenvalue weighted by molar-refractivity contribution is 6.32. The molecule has 1 aliphatic heterocycles. The molecule has 0 bridgehead atoms. The Hall–Kier alpha value is -2.01. The lowest BCUT2D eigenvalue weighted by Crippen LogP contribution is -2.40. The summed E-state index contributed by atoms with van der Waals surface area (Å²) in [7, 11) is 0. The second-order valence-electron chi connectivity index (χ2n) is 7.92. The number of hydrogen-bond acceptors (Lipinski definition) is 3. The molecule has 0 saturated carbocycles. The summed E-state index contributed by atoms with van der Waals surface area (Å²) < 4.78 is 7.78. The Morgan fingerprint density at radius 3 is 2.54 bits per heavy atom. The van der Waals surface area contributed by atoms with E-state index in [0.717, 1.165) is 28.1 Å². The highest BCUT2D eigenvalue weighted by atomic mass is 35.5. The molecule has 0 radical (unpaired) electrons. The molecule has 6 heteroatoms. The number of halogens is 1. The van der Waals surface area contributed by atoms with Crippen LogP contribution in [0, 0.1) is 13.8 Å². The van der Waals surface area contributed by atoms with Gasteiger partial charge in [0.25, 0.3) is 5.91 Å². The summed E-state index contributed by atoms with van der Waals surface area (Å²) in [5.74, 6) is 0.667. The number of rotatable bonds is 3. The summed E-state index contributed by atoms with van der Waals surface area (Å²) >= 11 is 6.18. The van der Waals surface area contributed by atoms with E-state index in [-0.39, 0.29) is 18.1 Å². The summed E-state index contributed by atoms with van der Waals surface area (Å²) in [5.41, 5.74) is 4.20. The van der Waals surface area contributed by atoms with E-state index in [4.69, 9.17) is 16.3 Å². The first-order valence-corrected chi connectivity index (χ1v) is 9.28. The minimum Gasteiger partial charge on any atom is -0.484 e. The van der Waals surface area contributed by atoms with Crippen LogP contribution in [0.1, 0.15) is 43.2 Å². The largest absolute Gasteiger partial charge is 0.484 e. The van der Waals surface area contributed by atoms with Crippen molar-refractivity contribution in [3.63, 3.8) is 0 Å². The predicted octanol–water partition coefficient (Wildman–Crippen LogP) is 3.87. The molecule has 0 N–H and O–H groups in total. The first-order chi connectivity index (χ1) is 12.2. The van der Waals surface area contributed by atoms with Gasteiger partial charge in [0.1, 0.15) is 5.75 Å². The van der Waals surface area contributed by atoms with Crippen LogP contribution in [0.4, 0.5) is 0 Å². The molecule has 1 aromatic heterocycles. The number of fused-ring (bicyclic) bond motifs is 1. The zero-order valence-electron chi connectivity index (χ0n) is 16.1. The van der Waals surface area contributed by atoms with Crippen molar-refractivity contribution < 1.29 is 9.53 Å². The van der Waals surface area contributed by atoms with Crippen LogP contribution in [-0.4, -0.2) is 33.7 Å². The number of benzene rings is 1. The van der Waals surface area contributed by atoms with E-state index in [1.54, 1.807) is 0 Å². The third kappa shape index (κ3) is 3.73. The van der Waals surface area contributed by atoms with Crippen LogP contribution in [0.3, 0.4) is 0 Å². The molecule has 0 spiro atoms. The number of carbonyl (C=O) groups excluding carboxylic acids is 1. The maximum absolute atomic E-state index is 12.6. The van der Waals surface area contributed by atoms with E-state index in [9.17, 15) is 4.79 Å². The molecule has 2 aromatic rings. The van der Waals surface area contributed by atoms with E-state index < -0.39 is 0 Å². The average Bonchev–Trinajstić information content (AvgIpc) is 3.00. The van der Waals surface area contributed by atoms with E-state index in [1.165, 1.54) is 5.69 Å². The summed E-state index contributed by atoms with van der Waals surface area (Å²) in [6, 6.07) is 3.73. The van der Waals surface area contributed by atoms with Crippen molar-refractivity contribution in [3.05, 3.63) is 45.7 Å². The van der Waals surface area contributed by atoms with Crippen molar-refractivity contribution in [2.24, 2.45) is 0 Å². The second kappa shape index (κ2) is 6.95. The summed E-state index contributed by atoms with van der Waals surface area (Å²) in [5, 5.41) is 5.26. The number of aromatic nitrogens is 2. The van der Waals surface area contributed by atoms with E-state index in [1.807, 2.05) is 37.1 Å². The third-order valence-corrected chi connectivity index (χ3v) is 5.29. The van der Waals surface area contributed by atoms with Gasteiger partial charge in [-0.15, -0.1) is 0 Å². The first-order valence-electron chi connectivity index (χ1n) is 8.90. The van der Waals surface area contributed by atoms with Crippen molar-refractivity contribution >= 4 is 17.5 Å². The van der Waals surface area contributed by atoms with Gasteiger partial charge >= 0.3 is 0 Å². The smallest absolute Gasteiger partial charge is 0.260 e. The summed E-state index contributed by atoms with van der Waals surface area (Å²) in [4.78, 5) is 14.4. The Balaban J connectivity index is 1.64. The quantitative estimate of drug-likeness (QED) is 0.818. The third-order valence-electron chi connectivity index (χ3n) is 4.70. The van der Waals surface area contributed by atoms with Gasteiger partial charge in [0, 0.05) is 35.8 Å². The molecule has 0 atom stereocenters. The topological polar surface area (TPSA) is 47.4 Å². The fourth-order valence-electron chi connectivity index (χ4n) is 3.35. The molecular formula is C20H26ClN3O2. The van der Waals surface area contributed by atoms with Gasteiger partial charge in [-0.2, -0.15) is 5.10 Å². The number of nitrogens with zero attached hydrogens (tertiary/aromatic N) is 3. The summed E-state index contributed by atoms with van der Waals surface area (Å²) in [6.07, 6.45) is 2.70. The molecule has 0 fully saturated rings. The first kappa shape index (κ1) is 18.8. The second-order valence-corrected chi connectivity index (χ2v) is 8.30. The highest BCUT2D eigenvalue weighted by Crippen LogP contribution is 2.27. The van der Waals surface area contributed by atoms with Crippen LogP contribution in [0.25, 0.3) is 0 Å². The van der Waals surface area contributed by atoms with Gasteiger partial charge in [0.2, 0.25) is 0 Å². The fraction of sp³-hybridized carbons (Fsp3) is 0.500. The lowest BCUT2D eigenvalue weighted by Gasteiger charge is -2.30. The SMILES string of the molecule is Cc1cc(OCC(=O)N2CCc3c(cnn3C(C)(C)C)C2)cc(C)c1Cl. The molecule has 2 heterocycles. The molecule has 1 aromatic carbocycles. The maximum atomic E-state index is 12.6. The van der Waals surface area contributed by atoms with E-state index in [0.29, 0.717) is 18.8 Å². The minimum absolute atomic E-state index is 0.00980. The highest BCUT2D eigenvalue weighted by Gasteiger charge is 2.27. The van der Waals surface area contributed by atoms with Crippen molar-refractivity contribution in [2.75, 3.05) is 13.2 Å². The maximum Gasteiger partial charge on any atom is 0.260 e. The van der Waals surface area contributed by atoms with Gasteiger partial charge < -0.3 is 9.64 Å². The number of aryl methyl sites for hydroxylation is 2. The van der Waals surface area contributed by atoms with Gasteiger partial charge in [-0.3, -0.25) is 9.48 Å². The van der Waals surface area contributed by atoms with Gasteiger partial charge in [-0.05, 0) is 57.9 Å². The average molecular weight is 376 g/mol. The monoisotopic (exact) mass is 375 g/mol. The Morgan fingerprint density at radius 2 is 1.92 bits per heavy atom. The minimum atomic E-state index is -0.0484. The normalized spacial score (nSPS) is 14.3. The van der Waals surface area contributed by atoms with E-state index in [2.05, 4.69) is 30.6 Å². The molecule has 0 aliphatic carbocycles. The molecular weight excluding hydrogens is 350 g/mol. The Bertz CT molecular complexity index is 813. The van der Waals surface area contributed by atoms with Crippen LogP contribution in [0.15, 0.2) is 18.3 Å². The fourth-order valence-corrected chi connectivity index (χ4v) is 3.46. The van der Waals surface area contributed by atoms with Gasteiger partial charge in [0.05, 0.1) is 11.7 Å². The summed E-state index contributed by atoms with van der Waals surface area (Å²) in [6.45, 7) is 11.6. The molecule has 0 saturated heterocycles. The van der Waals surface area contributed by atoms with Crippen molar-refractivity contribution in [3.8, 4) is 5.75 Å². The molecule has 1 aliphatic rings. The van der Waals surface area contributed by atoms with Crippen molar-refractivity contribution in [2.45, 2.75) is 53.1 Å². The van der Waals surface area contributed by atoms with Gasteiger partial charge in [-0.25, -0.2) is 0 Å². The number of ether oxygens (including phenoxy) is 1. The van der Waals surface area contributed by atoms with Crippen molar-refractivity contribution in [1.29, 1.82) is 0 Å². The number of carbonyl (C=O) groups is 1. The van der Waals surface area contributed by atoms with Crippen LogP contribution in [0.5, 0.6) is 5.75 Å². The standard InChI is InChI=1S/C20H26ClN3O2/c1-13-8-16(9-14(2)19(13)21)26-12-18(25)23-7-6-17-15(11-23)10-22-24(17)20(3,4)5/h8-10H,6-7,11-12H2,1-5H3. The predicted molar refractivity (Wildman–Crippen MR) is 103 cm³/mol. The van der Waals surface area contributed by atoms with Gasteiger partial charge in [0.15, 0.2) is 6.61 Å². The number of amides is 1. The molecule has 0 unspecified atom stereocenters. The van der Waals surface area contributed by atoms with Crippen LogP contribution >= 0.6 is 11.6 Å². The Labute approximate surface area is 159 Å². The van der Waals surface area contributed by atoms with Gasteiger partial charge in [-0.1, -0.05) is 11.6 Å². The molecule has 26 heavy (non-hydrogen) atoms. The zero-order chi connectivity index (χ0) is 19.1. The Morgan fingerprint density at radius 1 is 1.27 bits per heavy atom. The van der Waals surface area contributed by atoms with Crippen molar-refractivity contribution in [1.82, 2.24) is 14.7 Å². The lowest BCUT2D eigenvalue weighted by atomic mass is 10.0. The Kier molecular flexibility index (Phi) is 5.02. The lowest BCUT2D eigenvalue weighted by molar-refractivity contribution is -0.134. The molecule has 3 rings (SSSR count). The molecule has 140 valence electrons. The zero-order valence-corrected chi connectivity index (χ0v) is 16.9. The van der Waals surface area contributed by atoms with Crippen LogP contribution in [0.2, 0.25) is 5.02 Å². The molecule has 1 amide bonds. The van der Waals surface area contributed by atoms with Crippen LogP contribution < -0.4 is 4.74 Å². The number of hydrogen-bond donors (Lipinski definition) is 0.